The molecule has 0 radical (unpaired) electrons. The SMILES string of the molecule is COc1cc(Br)c(CN2CCNCC2c2ccncc2)cc1OC.Cl. The Morgan fingerprint density at radius 1 is 1.20 bits per heavy atom. The molecule has 2 aromatic rings. The van der Waals surface area contributed by atoms with E-state index >= 15 is 0 Å². The highest BCUT2D eigenvalue weighted by Gasteiger charge is 2.24. The van der Waals surface area contributed by atoms with Crippen molar-refractivity contribution in [3.63, 3.8) is 0 Å². The number of aromatic nitrogens is 1. The van der Waals surface area contributed by atoms with Gasteiger partial charge in [0, 0.05) is 49.1 Å². The van der Waals surface area contributed by atoms with Crippen molar-refractivity contribution < 1.29 is 9.47 Å². The molecule has 25 heavy (non-hydrogen) atoms. The number of rotatable bonds is 5. The van der Waals surface area contributed by atoms with Crippen LogP contribution in [0.1, 0.15) is 17.2 Å². The second-order valence-corrected chi connectivity index (χ2v) is 6.62. The number of pyridine rings is 1. The molecule has 1 atom stereocenters. The number of nitrogens with zero attached hydrogens (tertiary/aromatic N) is 2. The highest BCUT2D eigenvalue weighted by Crippen LogP contribution is 2.35. The molecule has 1 aromatic carbocycles. The standard InChI is InChI=1S/C18H22BrN3O2.ClH/c1-23-17-9-14(15(19)10-18(17)24-2)12-22-8-7-21-11-16(22)13-3-5-20-6-4-13;/h3-6,9-10,16,21H,7-8,11-12H2,1-2H3;1H. The first kappa shape index (κ1) is 20.0. The molecule has 0 bridgehead atoms. The minimum atomic E-state index is 0. The van der Waals surface area contributed by atoms with Crippen molar-refractivity contribution in [3.8, 4) is 11.5 Å². The quantitative estimate of drug-likeness (QED) is 0.790. The Kier molecular flexibility index (Phi) is 7.50. The zero-order valence-corrected chi connectivity index (χ0v) is 16.8. The summed E-state index contributed by atoms with van der Waals surface area (Å²) in [7, 11) is 3.32. The van der Waals surface area contributed by atoms with Crippen molar-refractivity contribution in [3.05, 3.63) is 52.3 Å². The van der Waals surface area contributed by atoms with Crippen LogP contribution in [0.2, 0.25) is 0 Å². The topological polar surface area (TPSA) is 46.6 Å². The average Bonchev–Trinajstić information content (AvgIpc) is 2.64. The lowest BCUT2D eigenvalue weighted by molar-refractivity contribution is 0.153. The van der Waals surface area contributed by atoms with E-state index in [9.17, 15) is 0 Å². The lowest BCUT2D eigenvalue weighted by atomic mass is 10.0. The third-order valence-electron chi connectivity index (χ3n) is 4.37. The second-order valence-electron chi connectivity index (χ2n) is 5.77. The molecular weight excluding hydrogens is 406 g/mol. The van der Waals surface area contributed by atoms with Gasteiger partial charge < -0.3 is 14.8 Å². The number of ether oxygens (including phenoxy) is 2. The van der Waals surface area contributed by atoms with Crippen molar-refractivity contribution in [1.29, 1.82) is 0 Å². The Hall–Kier alpha value is -1.34. The summed E-state index contributed by atoms with van der Waals surface area (Å²) in [6, 6.07) is 8.54. The molecule has 1 aliphatic rings. The van der Waals surface area contributed by atoms with Gasteiger partial charge in [-0.1, -0.05) is 15.9 Å². The van der Waals surface area contributed by atoms with Gasteiger partial charge in [0.2, 0.25) is 0 Å². The van der Waals surface area contributed by atoms with Gasteiger partial charge in [-0.05, 0) is 35.4 Å². The molecule has 5 nitrogen and oxygen atoms in total. The summed E-state index contributed by atoms with van der Waals surface area (Å²) in [4.78, 5) is 6.61. The fraction of sp³-hybridized carbons (Fsp3) is 0.389. The minimum Gasteiger partial charge on any atom is -0.493 e. The monoisotopic (exact) mass is 427 g/mol. The molecule has 7 heteroatoms. The van der Waals surface area contributed by atoms with Crippen LogP contribution in [0.3, 0.4) is 0 Å². The van der Waals surface area contributed by atoms with Crippen LogP contribution in [-0.4, -0.2) is 43.7 Å². The number of nitrogens with one attached hydrogen (secondary N) is 1. The van der Waals surface area contributed by atoms with Crippen LogP contribution in [0, 0.1) is 0 Å². The third-order valence-corrected chi connectivity index (χ3v) is 5.11. The lowest BCUT2D eigenvalue weighted by Crippen LogP contribution is -2.45. The van der Waals surface area contributed by atoms with Crippen LogP contribution in [0.4, 0.5) is 0 Å². The molecule has 0 spiro atoms. The van der Waals surface area contributed by atoms with E-state index in [1.807, 2.05) is 18.5 Å². The first-order valence-electron chi connectivity index (χ1n) is 7.98. The van der Waals surface area contributed by atoms with Gasteiger partial charge in [0.15, 0.2) is 11.5 Å². The summed E-state index contributed by atoms with van der Waals surface area (Å²) in [5, 5.41) is 3.49. The van der Waals surface area contributed by atoms with Crippen LogP contribution in [-0.2, 0) is 6.54 Å². The first-order chi connectivity index (χ1) is 11.7. The fourth-order valence-electron chi connectivity index (χ4n) is 3.09. The van der Waals surface area contributed by atoms with Gasteiger partial charge in [-0.2, -0.15) is 0 Å². The molecule has 0 saturated carbocycles. The summed E-state index contributed by atoms with van der Waals surface area (Å²) in [5.74, 6) is 1.49. The number of hydrogen-bond acceptors (Lipinski definition) is 5. The van der Waals surface area contributed by atoms with Gasteiger partial charge >= 0.3 is 0 Å². The van der Waals surface area contributed by atoms with Gasteiger partial charge in [0.05, 0.1) is 14.2 Å². The van der Waals surface area contributed by atoms with Gasteiger partial charge in [0.1, 0.15) is 0 Å². The molecule has 2 heterocycles. The molecule has 1 saturated heterocycles. The maximum Gasteiger partial charge on any atom is 0.161 e. The first-order valence-corrected chi connectivity index (χ1v) is 8.77. The van der Waals surface area contributed by atoms with E-state index < -0.39 is 0 Å². The summed E-state index contributed by atoms with van der Waals surface area (Å²) < 4.78 is 11.8. The van der Waals surface area contributed by atoms with Crippen LogP contribution >= 0.6 is 28.3 Å². The molecule has 1 N–H and O–H groups in total. The van der Waals surface area contributed by atoms with E-state index in [1.54, 1.807) is 14.2 Å². The molecule has 136 valence electrons. The number of halogens is 2. The van der Waals surface area contributed by atoms with E-state index in [0.717, 1.165) is 42.2 Å². The number of piperazine rings is 1. The highest BCUT2D eigenvalue weighted by atomic mass is 79.9. The van der Waals surface area contributed by atoms with Crippen LogP contribution in [0.15, 0.2) is 41.1 Å². The van der Waals surface area contributed by atoms with Crippen molar-refractivity contribution in [2.45, 2.75) is 12.6 Å². The van der Waals surface area contributed by atoms with Gasteiger partial charge in [-0.25, -0.2) is 0 Å². The van der Waals surface area contributed by atoms with Crippen LogP contribution in [0.5, 0.6) is 11.5 Å². The zero-order valence-electron chi connectivity index (χ0n) is 14.4. The third kappa shape index (κ3) is 4.64. The molecular formula is C18H23BrClN3O2. The van der Waals surface area contributed by atoms with E-state index in [0.29, 0.717) is 6.04 Å². The maximum atomic E-state index is 5.45. The Morgan fingerprint density at radius 3 is 2.56 bits per heavy atom. The van der Waals surface area contributed by atoms with E-state index in [4.69, 9.17) is 9.47 Å². The Morgan fingerprint density at radius 2 is 1.88 bits per heavy atom. The molecule has 0 aliphatic carbocycles. The Labute approximate surface area is 163 Å². The number of methoxy groups -OCH3 is 2. The predicted molar refractivity (Wildman–Crippen MR) is 105 cm³/mol. The average molecular weight is 429 g/mol. The lowest BCUT2D eigenvalue weighted by Gasteiger charge is -2.36. The second kappa shape index (κ2) is 9.38. The van der Waals surface area contributed by atoms with Crippen molar-refractivity contribution in [2.24, 2.45) is 0 Å². The summed E-state index contributed by atoms with van der Waals surface area (Å²) >= 11 is 3.67. The van der Waals surface area contributed by atoms with Crippen molar-refractivity contribution in [2.75, 3.05) is 33.9 Å². The van der Waals surface area contributed by atoms with Crippen molar-refractivity contribution >= 4 is 28.3 Å². The van der Waals surface area contributed by atoms with Gasteiger partial charge in [-0.3, -0.25) is 9.88 Å². The maximum absolute atomic E-state index is 5.45. The van der Waals surface area contributed by atoms with Crippen molar-refractivity contribution in [1.82, 2.24) is 15.2 Å². The summed E-state index contributed by atoms with van der Waals surface area (Å²) in [5.41, 5.74) is 2.47. The molecule has 3 rings (SSSR count). The van der Waals surface area contributed by atoms with Gasteiger partial charge in [-0.15, -0.1) is 12.4 Å². The van der Waals surface area contributed by atoms with E-state index in [2.05, 4.69) is 49.3 Å². The highest BCUT2D eigenvalue weighted by molar-refractivity contribution is 9.10. The van der Waals surface area contributed by atoms with Gasteiger partial charge in [0.25, 0.3) is 0 Å². The number of hydrogen-bond donors (Lipinski definition) is 1. The predicted octanol–water partition coefficient (Wildman–Crippen LogP) is 3.43. The Bertz CT molecular complexity index is 688. The molecule has 1 unspecified atom stereocenters. The summed E-state index contributed by atoms with van der Waals surface area (Å²) in [6.45, 7) is 3.77. The summed E-state index contributed by atoms with van der Waals surface area (Å²) in [6.07, 6.45) is 3.71. The number of benzene rings is 1. The largest absolute Gasteiger partial charge is 0.493 e. The Balaban J connectivity index is 0.00000225. The molecule has 1 aromatic heterocycles. The smallest absolute Gasteiger partial charge is 0.161 e. The normalized spacial score (nSPS) is 17.6. The minimum absolute atomic E-state index is 0. The van der Waals surface area contributed by atoms with Crippen LogP contribution < -0.4 is 14.8 Å². The van der Waals surface area contributed by atoms with E-state index in [1.165, 1.54) is 11.1 Å². The zero-order chi connectivity index (χ0) is 16.9. The molecule has 0 amide bonds. The molecule has 1 aliphatic heterocycles. The van der Waals surface area contributed by atoms with Crippen LogP contribution in [0.25, 0.3) is 0 Å². The van der Waals surface area contributed by atoms with E-state index in [-0.39, 0.29) is 12.4 Å². The molecule has 1 fully saturated rings. The fourth-order valence-corrected chi connectivity index (χ4v) is 3.53.